The maximum absolute atomic E-state index is 13.4. The Morgan fingerprint density at radius 3 is 2.34 bits per heavy atom. The van der Waals surface area contributed by atoms with Crippen LogP contribution in [0.2, 0.25) is 5.02 Å². The van der Waals surface area contributed by atoms with Crippen LogP contribution in [0.3, 0.4) is 0 Å². The van der Waals surface area contributed by atoms with Gasteiger partial charge in [-0.05, 0) is 39.0 Å². The molecule has 0 aliphatic rings. The van der Waals surface area contributed by atoms with Crippen LogP contribution in [0.25, 0.3) is 0 Å². The average molecular weight is 443 g/mol. The van der Waals surface area contributed by atoms with Crippen molar-refractivity contribution in [1.82, 2.24) is 5.09 Å². The summed E-state index contributed by atoms with van der Waals surface area (Å²) in [5, 5.41) is 13.2. The Morgan fingerprint density at radius 2 is 1.79 bits per heavy atom. The number of ether oxygens (including phenoxy) is 1. The number of rotatable bonds is 9. The fraction of sp³-hybridized carbons (Fsp3) is 0.278. The molecule has 1 unspecified atom stereocenters. The SMILES string of the molecule is CC(C)OC(=O)[C@H](C)NP(=O)(Oc1ccccc1)Oc1ccc([N+](=O)[O-])cc1Cl. The van der Waals surface area contributed by atoms with E-state index >= 15 is 0 Å². The maximum Gasteiger partial charge on any atom is 0.513 e. The van der Waals surface area contributed by atoms with Gasteiger partial charge < -0.3 is 13.8 Å². The van der Waals surface area contributed by atoms with E-state index in [1.54, 1.807) is 44.2 Å². The number of hydrogen-bond donors (Lipinski definition) is 1. The molecule has 0 heterocycles. The zero-order valence-corrected chi connectivity index (χ0v) is 17.6. The Balaban J connectivity index is 2.30. The quantitative estimate of drug-likeness (QED) is 0.256. The second-order valence-corrected chi connectivity index (χ2v) is 8.23. The predicted octanol–water partition coefficient (Wildman–Crippen LogP) is 4.74. The van der Waals surface area contributed by atoms with E-state index < -0.39 is 24.7 Å². The van der Waals surface area contributed by atoms with Crippen molar-refractivity contribution in [2.24, 2.45) is 0 Å². The highest BCUT2D eigenvalue weighted by Crippen LogP contribution is 2.47. The zero-order valence-electron chi connectivity index (χ0n) is 15.9. The van der Waals surface area contributed by atoms with Crippen LogP contribution in [-0.2, 0) is 14.1 Å². The number of nitrogens with one attached hydrogen (secondary N) is 1. The first-order valence-electron chi connectivity index (χ1n) is 8.56. The van der Waals surface area contributed by atoms with Gasteiger partial charge in [0.2, 0.25) is 0 Å². The third-order valence-electron chi connectivity index (χ3n) is 3.37. The molecule has 0 aliphatic carbocycles. The smallest absolute Gasteiger partial charge is 0.462 e. The van der Waals surface area contributed by atoms with E-state index in [4.69, 9.17) is 25.4 Å². The Bertz CT molecular complexity index is 924. The van der Waals surface area contributed by atoms with Gasteiger partial charge >= 0.3 is 13.7 Å². The lowest BCUT2D eigenvalue weighted by Gasteiger charge is -2.23. The fourth-order valence-electron chi connectivity index (χ4n) is 2.12. The molecule has 156 valence electrons. The first kappa shape index (κ1) is 22.7. The standard InChI is InChI=1S/C18H20ClN2O7P/c1-12(2)26-18(22)13(3)20-29(25,27-15-7-5-4-6-8-15)28-17-10-9-14(21(23)24)11-16(17)19/h4-13H,1-3H3,(H,20,25)/t13-,29?/m0/s1. The van der Waals surface area contributed by atoms with Crippen LogP contribution in [0.15, 0.2) is 48.5 Å². The summed E-state index contributed by atoms with van der Waals surface area (Å²) in [6.45, 7) is 4.79. The van der Waals surface area contributed by atoms with Crippen LogP contribution in [0.1, 0.15) is 20.8 Å². The van der Waals surface area contributed by atoms with Crippen molar-refractivity contribution in [2.45, 2.75) is 32.9 Å². The highest BCUT2D eigenvalue weighted by molar-refractivity contribution is 7.52. The molecule has 9 nitrogen and oxygen atoms in total. The van der Waals surface area contributed by atoms with Gasteiger partial charge in [-0.3, -0.25) is 14.9 Å². The van der Waals surface area contributed by atoms with Crippen molar-refractivity contribution in [3.8, 4) is 11.5 Å². The number of hydrogen-bond acceptors (Lipinski definition) is 7. The molecule has 0 fully saturated rings. The van der Waals surface area contributed by atoms with Crippen molar-refractivity contribution in [3.63, 3.8) is 0 Å². The van der Waals surface area contributed by atoms with Crippen molar-refractivity contribution in [3.05, 3.63) is 63.7 Å². The van der Waals surface area contributed by atoms with E-state index in [1.807, 2.05) is 0 Å². The molecule has 0 saturated heterocycles. The summed E-state index contributed by atoms with van der Waals surface area (Å²) in [6.07, 6.45) is -0.369. The van der Waals surface area contributed by atoms with Gasteiger partial charge in [-0.15, -0.1) is 0 Å². The number of non-ortho nitro benzene ring substituents is 1. The molecule has 29 heavy (non-hydrogen) atoms. The number of halogens is 1. The highest BCUT2D eigenvalue weighted by Gasteiger charge is 2.34. The first-order chi connectivity index (χ1) is 13.6. The number of nitrogens with zero attached hydrogens (tertiary/aromatic N) is 1. The number of nitro groups is 1. The molecule has 0 aliphatic heterocycles. The minimum Gasteiger partial charge on any atom is -0.462 e. The summed E-state index contributed by atoms with van der Waals surface area (Å²) in [7, 11) is -4.19. The first-order valence-corrected chi connectivity index (χ1v) is 10.5. The summed E-state index contributed by atoms with van der Waals surface area (Å²) < 4.78 is 29.4. The molecule has 0 radical (unpaired) electrons. The van der Waals surface area contributed by atoms with Crippen molar-refractivity contribution >= 4 is 31.0 Å². The van der Waals surface area contributed by atoms with Gasteiger partial charge in [0.1, 0.15) is 11.8 Å². The Labute approximate surface area is 172 Å². The number of esters is 1. The topological polar surface area (TPSA) is 117 Å². The van der Waals surface area contributed by atoms with Crippen molar-refractivity contribution < 1.29 is 28.1 Å². The number of nitro benzene ring substituents is 1. The van der Waals surface area contributed by atoms with Gasteiger partial charge in [-0.1, -0.05) is 29.8 Å². The lowest BCUT2D eigenvalue weighted by molar-refractivity contribution is -0.384. The van der Waals surface area contributed by atoms with Crippen LogP contribution in [-0.4, -0.2) is 23.0 Å². The monoisotopic (exact) mass is 442 g/mol. The zero-order chi connectivity index (χ0) is 21.6. The molecule has 0 saturated carbocycles. The molecule has 2 aromatic rings. The van der Waals surface area contributed by atoms with Gasteiger partial charge in [0.15, 0.2) is 5.75 Å². The van der Waals surface area contributed by atoms with E-state index in [-0.39, 0.29) is 28.3 Å². The molecule has 2 rings (SSSR count). The minimum absolute atomic E-state index is 0.117. The molecular weight excluding hydrogens is 423 g/mol. The Hall–Kier alpha value is -2.61. The molecule has 0 aromatic heterocycles. The summed E-state index contributed by atoms with van der Waals surface area (Å²) in [6, 6.07) is 10.5. The van der Waals surface area contributed by atoms with E-state index in [0.717, 1.165) is 12.1 Å². The van der Waals surface area contributed by atoms with Crippen molar-refractivity contribution in [1.29, 1.82) is 0 Å². The predicted molar refractivity (Wildman–Crippen MR) is 107 cm³/mol. The minimum atomic E-state index is -4.19. The van der Waals surface area contributed by atoms with E-state index in [9.17, 15) is 19.5 Å². The highest BCUT2D eigenvalue weighted by atomic mass is 35.5. The molecule has 1 N–H and O–H groups in total. The lowest BCUT2D eigenvalue weighted by Crippen LogP contribution is -2.36. The van der Waals surface area contributed by atoms with Crippen LogP contribution in [0, 0.1) is 10.1 Å². The molecule has 0 spiro atoms. The lowest BCUT2D eigenvalue weighted by atomic mass is 10.3. The number of benzene rings is 2. The summed E-state index contributed by atoms with van der Waals surface area (Å²) in [5.41, 5.74) is -0.261. The fourth-order valence-corrected chi connectivity index (χ4v) is 3.93. The molecule has 11 heteroatoms. The van der Waals surface area contributed by atoms with Crippen LogP contribution in [0.4, 0.5) is 5.69 Å². The number of carbonyl (C=O) groups is 1. The second kappa shape index (κ2) is 9.73. The number of para-hydroxylation sites is 1. The van der Waals surface area contributed by atoms with Gasteiger partial charge in [0, 0.05) is 12.1 Å². The largest absolute Gasteiger partial charge is 0.513 e. The van der Waals surface area contributed by atoms with Gasteiger partial charge in [0.05, 0.1) is 16.0 Å². The van der Waals surface area contributed by atoms with Crippen LogP contribution in [0.5, 0.6) is 11.5 Å². The normalized spacial score (nSPS) is 14.0. The number of carbonyl (C=O) groups excluding carboxylic acids is 1. The van der Waals surface area contributed by atoms with E-state index in [1.165, 1.54) is 13.0 Å². The summed E-state index contributed by atoms with van der Waals surface area (Å²) >= 11 is 6.02. The van der Waals surface area contributed by atoms with Crippen LogP contribution >= 0.6 is 19.3 Å². The van der Waals surface area contributed by atoms with E-state index in [0.29, 0.717) is 0 Å². The average Bonchev–Trinajstić information content (AvgIpc) is 2.63. The third-order valence-corrected chi connectivity index (χ3v) is 5.26. The molecule has 2 atom stereocenters. The third kappa shape index (κ3) is 6.74. The molecule has 0 bridgehead atoms. The van der Waals surface area contributed by atoms with E-state index in [2.05, 4.69) is 5.09 Å². The Morgan fingerprint density at radius 1 is 1.14 bits per heavy atom. The van der Waals surface area contributed by atoms with Crippen molar-refractivity contribution in [2.75, 3.05) is 0 Å². The van der Waals surface area contributed by atoms with Crippen LogP contribution < -0.4 is 14.1 Å². The summed E-state index contributed by atoms with van der Waals surface area (Å²) in [5.74, 6) is -0.561. The second-order valence-electron chi connectivity index (χ2n) is 6.20. The maximum atomic E-state index is 13.4. The van der Waals surface area contributed by atoms with Gasteiger partial charge in [-0.2, -0.15) is 5.09 Å². The summed E-state index contributed by atoms with van der Waals surface area (Å²) in [4.78, 5) is 22.3. The van der Waals surface area contributed by atoms with Gasteiger partial charge in [-0.25, -0.2) is 4.57 Å². The van der Waals surface area contributed by atoms with Gasteiger partial charge in [0.25, 0.3) is 5.69 Å². The molecule has 0 amide bonds. The molecule has 2 aromatic carbocycles. The molecular formula is C18H20ClN2O7P. The Kier molecular flexibility index (Phi) is 7.61.